The summed E-state index contributed by atoms with van der Waals surface area (Å²) in [5.74, 6) is 0. The fraction of sp³-hybridized carbons (Fsp3) is 0.750. The zero-order chi connectivity index (χ0) is 12.7. The van der Waals surface area contributed by atoms with Crippen molar-refractivity contribution in [2.24, 2.45) is 0 Å². The van der Waals surface area contributed by atoms with Crippen LogP contribution in [0.3, 0.4) is 0 Å². The molecule has 17 heavy (non-hydrogen) atoms. The third kappa shape index (κ3) is 4.71. The quantitative estimate of drug-likeness (QED) is 0.777. The first-order valence-electron chi connectivity index (χ1n) is 5.89. The number of ether oxygens (including phenoxy) is 2. The molecule has 0 spiro atoms. The standard InChI is InChI=1S/C12H22N2O2S/c1-5-9(2)13-6-11-10(7-15-3)14-12(17-11)8-16-4/h9,13H,5-8H2,1-4H3. The number of aromatic nitrogens is 1. The van der Waals surface area contributed by atoms with Crippen molar-refractivity contribution < 1.29 is 9.47 Å². The van der Waals surface area contributed by atoms with Crippen molar-refractivity contribution in [1.29, 1.82) is 0 Å². The van der Waals surface area contributed by atoms with E-state index >= 15 is 0 Å². The molecule has 5 heteroatoms. The fourth-order valence-electron chi connectivity index (χ4n) is 1.42. The van der Waals surface area contributed by atoms with E-state index < -0.39 is 0 Å². The van der Waals surface area contributed by atoms with E-state index in [1.54, 1.807) is 25.6 Å². The molecular formula is C12H22N2O2S. The van der Waals surface area contributed by atoms with Gasteiger partial charge in [0.25, 0.3) is 0 Å². The second-order valence-corrected chi connectivity index (χ2v) is 5.20. The molecule has 0 amide bonds. The van der Waals surface area contributed by atoms with Gasteiger partial charge in [0.05, 0.1) is 18.9 Å². The van der Waals surface area contributed by atoms with E-state index in [9.17, 15) is 0 Å². The van der Waals surface area contributed by atoms with E-state index in [-0.39, 0.29) is 0 Å². The van der Waals surface area contributed by atoms with Crippen LogP contribution in [0.1, 0.15) is 35.8 Å². The molecule has 1 aromatic heterocycles. The molecule has 0 fully saturated rings. The lowest BCUT2D eigenvalue weighted by molar-refractivity contribution is 0.176. The first-order chi connectivity index (χ1) is 8.21. The molecule has 0 aliphatic heterocycles. The Hall–Kier alpha value is -0.490. The molecule has 4 nitrogen and oxygen atoms in total. The van der Waals surface area contributed by atoms with Crippen molar-refractivity contribution in [2.75, 3.05) is 14.2 Å². The predicted molar refractivity (Wildman–Crippen MR) is 70.1 cm³/mol. The summed E-state index contributed by atoms with van der Waals surface area (Å²) in [5, 5.41) is 4.49. The summed E-state index contributed by atoms with van der Waals surface area (Å²) in [7, 11) is 3.38. The Morgan fingerprint density at radius 3 is 2.59 bits per heavy atom. The maximum absolute atomic E-state index is 5.17. The van der Waals surface area contributed by atoms with Crippen molar-refractivity contribution >= 4 is 11.3 Å². The van der Waals surface area contributed by atoms with Crippen LogP contribution in [0.15, 0.2) is 0 Å². The van der Waals surface area contributed by atoms with Crippen LogP contribution >= 0.6 is 11.3 Å². The van der Waals surface area contributed by atoms with Gasteiger partial charge < -0.3 is 14.8 Å². The average molecular weight is 258 g/mol. The largest absolute Gasteiger partial charge is 0.378 e. The van der Waals surface area contributed by atoms with Crippen LogP contribution in [0.25, 0.3) is 0 Å². The van der Waals surface area contributed by atoms with Gasteiger partial charge in [-0.2, -0.15) is 0 Å². The number of rotatable bonds is 8. The van der Waals surface area contributed by atoms with Gasteiger partial charge in [0.1, 0.15) is 5.01 Å². The molecule has 0 bridgehead atoms. The van der Waals surface area contributed by atoms with Gasteiger partial charge in [0, 0.05) is 31.7 Å². The van der Waals surface area contributed by atoms with Crippen LogP contribution in [-0.2, 0) is 29.2 Å². The topological polar surface area (TPSA) is 43.4 Å². The van der Waals surface area contributed by atoms with Crippen LogP contribution in [0.2, 0.25) is 0 Å². The zero-order valence-corrected chi connectivity index (χ0v) is 11.9. The van der Waals surface area contributed by atoms with Gasteiger partial charge in [-0.1, -0.05) is 6.92 Å². The molecule has 0 saturated carbocycles. The minimum absolute atomic E-state index is 0.526. The number of thiazole rings is 1. The first-order valence-corrected chi connectivity index (χ1v) is 6.71. The first kappa shape index (κ1) is 14.6. The fourth-order valence-corrected chi connectivity index (χ4v) is 2.42. The summed E-state index contributed by atoms with van der Waals surface area (Å²) >= 11 is 1.70. The van der Waals surface area contributed by atoms with Gasteiger partial charge in [-0.15, -0.1) is 11.3 Å². The Bertz CT molecular complexity index is 328. The molecular weight excluding hydrogens is 236 g/mol. The summed E-state index contributed by atoms with van der Waals surface area (Å²) in [4.78, 5) is 5.77. The molecule has 0 radical (unpaired) electrons. The second kappa shape index (κ2) is 7.76. The van der Waals surface area contributed by atoms with Crippen LogP contribution < -0.4 is 5.32 Å². The van der Waals surface area contributed by atoms with Crippen molar-refractivity contribution in [1.82, 2.24) is 10.3 Å². The Morgan fingerprint density at radius 2 is 2.00 bits per heavy atom. The van der Waals surface area contributed by atoms with Gasteiger partial charge in [-0.25, -0.2) is 4.98 Å². The molecule has 0 aliphatic rings. The number of nitrogens with zero attached hydrogens (tertiary/aromatic N) is 1. The lowest BCUT2D eigenvalue weighted by Gasteiger charge is -2.10. The van der Waals surface area contributed by atoms with Crippen molar-refractivity contribution in [3.8, 4) is 0 Å². The van der Waals surface area contributed by atoms with E-state index in [0.29, 0.717) is 19.3 Å². The molecule has 0 aromatic carbocycles. The van der Waals surface area contributed by atoms with E-state index in [0.717, 1.165) is 23.7 Å². The lowest BCUT2D eigenvalue weighted by Crippen LogP contribution is -2.24. The van der Waals surface area contributed by atoms with E-state index in [1.807, 2.05) is 0 Å². The highest BCUT2D eigenvalue weighted by Crippen LogP contribution is 2.20. The summed E-state index contributed by atoms with van der Waals surface area (Å²) in [6.45, 7) is 6.36. The van der Waals surface area contributed by atoms with E-state index in [2.05, 4.69) is 24.1 Å². The van der Waals surface area contributed by atoms with Gasteiger partial charge >= 0.3 is 0 Å². The summed E-state index contributed by atoms with van der Waals surface area (Å²) in [6, 6.07) is 0.526. The molecule has 1 unspecified atom stereocenters. The summed E-state index contributed by atoms with van der Waals surface area (Å²) < 4.78 is 10.3. The van der Waals surface area contributed by atoms with Gasteiger partial charge in [0.2, 0.25) is 0 Å². The number of methoxy groups -OCH3 is 2. The average Bonchev–Trinajstić information content (AvgIpc) is 2.69. The SMILES string of the molecule is CCC(C)NCc1sc(COC)nc1COC. The monoisotopic (exact) mass is 258 g/mol. The molecule has 1 atom stereocenters. The molecule has 1 heterocycles. The normalized spacial score (nSPS) is 12.9. The van der Waals surface area contributed by atoms with Crippen molar-refractivity contribution in [3.63, 3.8) is 0 Å². The number of nitrogens with one attached hydrogen (secondary N) is 1. The third-order valence-corrected chi connectivity index (χ3v) is 3.67. The highest BCUT2D eigenvalue weighted by atomic mass is 32.1. The van der Waals surface area contributed by atoms with Gasteiger partial charge in [0.15, 0.2) is 0 Å². The smallest absolute Gasteiger partial charge is 0.119 e. The van der Waals surface area contributed by atoms with Crippen molar-refractivity contribution in [2.45, 2.75) is 46.1 Å². The Morgan fingerprint density at radius 1 is 1.29 bits per heavy atom. The highest BCUT2D eigenvalue weighted by molar-refractivity contribution is 7.11. The Labute approximate surface area is 107 Å². The molecule has 0 aliphatic carbocycles. The molecule has 1 rings (SSSR count). The van der Waals surface area contributed by atoms with E-state index in [4.69, 9.17) is 9.47 Å². The van der Waals surface area contributed by atoms with Crippen LogP contribution in [0.4, 0.5) is 0 Å². The van der Waals surface area contributed by atoms with Gasteiger partial charge in [-0.05, 0) is 13.3 Å². The van der Waals surface area contributed by atoms with Crippen molar-refractivity contribution in [3.05, 3.63) is 15.6 Å². The second-order valence-electron chi connectivity index (χ2n) is 4.03. The van der Waals surface area contributed by atoms with Crippen LogP contribution in [0.5, 0.6) is 0 Å². The number of hydrogen-bond donors (Lipinski definition) is 1. The van der Waals surface area contributed by atoms with Gasteiger partial charge in [-0.3, -0.25) is 0 Å². The highest BCUT2D eigenvalue weighted by Gasteiger charge is 2.11. The summed E-state index contributed by atoms with van der Waals surface area (Å²) in [6.07, 6.45) is 1.13. The molecule has 1 aromatic rings. The molecule has 98 valence electrons. The number of hydrogen-bond acceptors (Lipinski definition) is 5. The predicted octanol–water partition coefficient (Wildman–Crippen LogP) is 2.32. The zero-order valence-electron chi connectivity index (χ0n) is 11.1. The maximum atomic E-state index is 5.17. The Balaban J connectivity index is 2.66. The summed E-state index contributed by atoms with van der Waals surface area (Å²) in [5.41, 5.74) is 1.03. The van der Waals surface area contributed by atoms with E-state index in [1.165, 1.54) is 4.88 Å². The molecule has 0 saturated heterocycles. The minimum atomic E-state index is 0.526. The molecule has 1 N–H and O–H groups in total. The van der Waals surface area contributed by atoms with Crippen LogP contribution in [-0.4, -0.2) is 25.2 Å². The maximum Gasteiger partial charge on any atom is 0.119 e. The third-order valence-electron chi connectivity index (χ3n) is 2.59. The Kier molecular flexibility index (Phi) is 6.65. The van der Waals surface area contributed by atoms with Crippen LogP contribution in [0, 0.1) is 0 Å². The minimum Gasteiger partial charge on any atom is -0.378 e. The lowest BCUT2D eigenvalue weighted by atomic mass is 10.2.